The molecule has 0 aromatic heterocycles. The van der Waals surface area contributed by atoms with Crippen LogP contribution in [0, 0.1) is 0 Å². The molecule has 27 heavy (non-hydrogen) atoms. The smallest absolute Gasteiger partial charge is 0.239 e. The van der Waals surface area contributed by atoms with Crippen LogP contribution < -0.4 is 5.32 Å². The zero-order valence-corrected chi connectivity index (χ0v) is 18.2. The van der Waals surface area contributed by atoms with Crippen molar-refractivity contribution in [2.24, 2.45) is 4.99 Å². The van der Waals surface area contributed by atoms with E-state index in [4.69, 9.17) is 0 Å². The Morgan fingerprint density at radius 1 is 1.07 bits per heavy atom. The van der Waals surface area contributed by atoms with Gasteiger partial charge in [-0.1, -0.05) is 0 Å². The van der Waals surface area contributed by atoms with Gasteiger partial charge in [0.2, 0.25) is 5.91 Å². The third-order valence-corrected chi connectivity index (χ3v) is 7.98. The third kappa shape index (κ3) is 5.34. The van der Waals surface area contributed by atoms with E-state index in [0.717, 1.165) is 52.1 Å². The molecule has 0 aliphatic carbocycles. The maximum Gasteiger partial charge on any atom is 0.239 e. The predicted octanol–water partition coefficient (Wildman–Crippen LogP) is 0.0135. The Kier molecular flexibility index (Phi) is 7.13. The molecule has 1 atom stereocenters. The largest absolute Gasteiger partial charge is 0.355 e. The summed E-state index contributed by atoms with van der Waals surface area (Å²) in [5.41, 5.74) is 0. The van der Waals surface area contributed by atoms with Crippen molar-refractivity contribution >= 4 is 21.7 Å². The van der Waals surface area contributed by atoms with Crippen molar-refractivity contribution in [3.63, 3.8) is 0 Å². The highest BCUT2D eigenvalue weighted by Gasteiger charge is 2.33. The number of sulfone groups is 1. The molecule has 2 saturated heterocycles. The molecule has 156 valence electrons. The van der Waals surface area contributed by atoms with Gasteiger partial charge in [0.25, 0.3) is 0 Å². The summed E-state index contributed by atoms with van der Waals surface area (Å²) in [6.45, 7) is 10.6. The van der Waals surface area contributed by atoms with Crippen LogP contribution in [-0.2, 0) is 14.6 Å². The predicted molar refractivity (Wildman–Crippen MR) is 109 cm³/mol. The number of likely N-dealkylation sites (tertiary alicyclic amines) is 1. The van der Waals surface area contributed by atoms with Crippen LogP contribution in [-0.4, -0.2) is 105 Å². The molecule has 2 heterocycles. The van der Waals surface area contributed by atoms with E-state index in [1.807, 2.05) is 11.8 Å². The van der Waals surface area contributed by atoms with E-state index < -0.39 is 14.6 Å². The molecule has 1 unspecified atom stereocenters. The Morgan fingerprint density at radius 2 is 1.63 bits per heavy atom. The fourth-order valence-electron chi connectivity index (χ4n) is 3.43. The number of nitrogens with one attached hydrogen (secondary N) is 1. The maximum atomic E-state index is 12.6. The highest BCUT2D eigenvalue weighted by molar-refractivity contribution is 7.92. The number of rotatable bonds is 5. The lowest BCUT2D eigenvalue weighted by Crippen LogP contribution is -2.58. The normalized spacial score (nSPS) is 21.4. The van der Waals surface area contributed by atoms with Crippen molar-refractivity contribution in [3.05, 3.63) is 0 Å². The average molecular weight is 402 g/mol. The minimum Gasteiger partial charge on any atom is -0.355 e. The van der Waals surface area contributed by atoms with Gasteiger partial charge >= 0.3 is 0 Å². The van der Waals surface area contributed by atoms with Crippen molar-refractivity contribution in [3.8, 4) is 0 Å². The molecule has 1 N–H and O–H groups in total. The Morgan fingerprint density at radius 3 is 2.11 bits per heavy atom. The van der Waals surface area contributed by atoms with Crippen molar-refractivity contribution in [2.45, 2.75) is 44.4 Å². The number of carbonyl (C=O) groups excluding carboxylic acids is 1. The highest BCUT2D eigenvalue weighted by atomic mass is 32.2. The Hall–Kier alpha value is -1.35. The van der Waals surface area contributed by atoms with Gasteiger partial charge in [0.05, 0.1) is 10.8 Å². The number of nitrogens with zero attached hydrogens (tertiary/aromatic N) is 4. The fraction of sp³-hybridized carbons (Fsp3) is 0.889. The van der Waals surface area contributed by atoms with Crippen LogP contribution in [0.4, 0.5) is 0 Å². The molecule has 0 spiro atoms. The molecule has 0 bridgehead atoms. The van der Waals surface area contributed by atoms with Crippen LogP contribution in [0.5, 0.6) is 0 Å². The van der Waals surface area contributed by atoms with Crippen LogP contribution >= 0.6 is 0 Å². The first-order valence-electron chi connectivity index (χ1n) is 9.75. The number of piperazine rings is 1. The lowest BCUT2D eigenvalue weighted by Gasteiger charge is -2.40. The average Bonchev–Trinajstić information content (AvgIpc) is 3.15. The fourth-order valence-corrected chi connectivity index (χ4v) is 3.77. The van der Waals surface area contributed by atoms with Gasteiger partial charge in [-0.15, -0.1) is 0 Å². The van der Waals surface area contributed by atoms with Gasteiger partial charge in [0.15, 0.2) is 15.8 Å². The number of hydrogen-bond acceptors (Lipinski definition) is 5. The molecule has 8 nitrogen and oxygen atoms in total. The van der Waals surface area contributed by atoms with Crippen LogP contribution in [0.15, 0.2) is 4.99 Å². The summed E-state index contributed by atoms with van der Waals surface area (Å²) in [4.78, 5) is 23.2. The summed E-state index contributed by atoms with van der Waals surface area (Å²) in [6, 6.07) is -0.0932. The van der Waals surface area contributed by atoms with E-state index in [9.17, 15) is 13.2 Å². The molecule has 1 amide bonds. The molecular formula is C18H35N5O3S. The maximum absolute atomic E-state index is 12.6. The second-order valence-electron chi connectivity index (χ2n) is 8.16. The van der Waals surface area contributed by atoms with E-state index in [0.29, 0.717) is 12.5 Å². The third-order valence-electron chi connectivity index (χ3n) is 5.82. The van der Waals surface area contributed by atoms with Crippen molar-refractivity contribution in [1.29, 1.82) is 0 Å². The van der Waals surface area contributed by atoms with Gasteiger partial charge in [0, 0.05) is 59.1 Å². The van der Waals surface area contributed by atoms with E-state index in [1.165, 1.54) is 6.26 Å². The number of hydrogen-bond donors (Lipinski definition) is 1. The quantitative estimate of drug-likeness (QED) is 0.516. The first-order chi connectivity index (χ1) is 12.6. The van der Waals surface area contributed by atoms with Gasteiger partial charge < -0.3 is 15.1 Å². The summed E-state index contributed by atoms with van der Waals surface area (Å²) >= 11 is 0. The first-order valence-corrected chi connectivity index (χ1v) is 11.6. The van der Waals surface area contributed by atoms with E-state index in [1.54, 1.807) is 20.9 Å². The number of aliphatic imine (C=N–C) groups is 1. The van der Waals surface area contributed by atoms with Crippen molar-refractivity contribution in [1.82, 2.24) is 20.0 Å². The lowest BCUT2D eigenvalue weighted by atomic mass is 10.2. The molecule has 2 fully saturated rings. The van der Waals surface area contributed by atoms with Crippen molar-refractivity contribution < 1.29 is 13.2 Å². The number of guanidine groups is 1. The van der Waals surface area contributed by atoms with Gasteiger partial charge in [-0.2, -0.15) is 0 Å². The Bertz CT molecular complexity index is 648. The van der Waals surface area contributed by atoms with E-state index in [-0.39, 0.29) is 11.9 Å². The second kappa shape index (κ2) is 8.77. The van der Waals surface area contributed by atoms with Gasteiger partial charge in [-0.05, 0) is 33.6 Å². The zero-order chi connectivity index (χ0) is 20.2. The molecule has 2 aliphatic rings. The SMILES string of the molecule is CN=C(NCC(C)(C)S(C)(=O)=O)N1CCN(C(C)C(=O)N2CCCC2)CC1. The first kappa shape index (κ1) is 21.9. The van der Waals surface area contributed by atoms with Crippen LogP contribution in [0.1, 0.15) is 33.6 Å². The standard InChI is InChI=1S/C18H35N5O3S/c1-15(16(24)22-8-6-7-9-22)21-10-12-23(13-11-21)17(19-4)20-14-18(2,3)27(5,25)26/h15H,6-14H2,1-5H3,(H,19,20). The number of carbonyl (C=O) groups is 1. The van der Waals surface area contributed by atoms with Gasteiger partial charge in [-0.3, -0.25) is 14.7 Å². The van der Waals surface area contributed by atoms with Crippen LogP contribution in [0.2, 0.25) is 0 Å². The van der Waals surface area contributed by atoms with E-state index >= 15 is 0 Å². The lowest BCUT2D eigenvalue weighted by molar-refractivity contribution is -0.135. The highest BCUT2D eigenvalue weighted by Crippen LogP contribution is 2.15. The van der Waals surface area contributed by atoms with Crippen LogP contribution in [0.25, 0.3) is 0 Å². The van der Waals surface area contributed by atoms with Gasteiger partial charge in [-0.25, -0.2) is 8.42 Å². The Balaban J connectivity index is 1.87. The molecule has 0 radical (unpaired) electrons. The van der Waals surface area contributed by atoms with Crippen molar-refractivity contribution in [2.75, 3.05) is 59.1 Å². The summed E-state index contributed by atoms with van der Waals surface area (Å²) in [5.74, 6) is 0.947. The van der Waals surface area contributed by atoms with Gasteiger partial charge in [0.1, 0.15) is 0 Å². The molecule has 0 aromatic carbocycles. The molecule has 2 aliphatic heterocycles. The zero-order valence-electron chi connectivity index (χ0n) is 17.4. The minimum atomic E-state index is -3.16. The second-order valence-corrected chi connectivity index (χ2v) is 10.8. The summed E-state index contributed by atoms with van der Waals surface area (Å²) in [6.07, 6.45) is 3.48. The molecule has 9 heteroatoms. The molecule has 2 rings (SSSR count). The molecule has 0 aromatic rings. The summed E-state index contributed by atoms with van der Waals surface area (Å²) in [5, 5.41) is 3.20. The molecule has 0 saturated carbocycles. The molecular weight excluding hydrogens is 366 g/mol. The summed E-state index contributed by atoms with van der Waals surface area (Å²) < 4.78 is 22.9. The monoisotopic (exact) mass is 401 g/mol. The Labute approximate surface area is 163 Å². The topological polar surface area (TPSA) is 85.3 Å². The van der Waals surface area contributed by atoms with E-state index in [2.05, 4.69) is 20.1 Å². The van der Waals surface area contributed by atoms with Crippen LogP contribution in [0.3, 0.4) is 0 Å². The minimum absolute atomic E-state index is 0.0932. The summed E-state index contributed by atoms with van der Waals surface area (Å²) in [7, 11) is -1.45. The number of amides is 1.